The first-order valence-electron chi connectivity index (χ1n) is 4.16. The molecule has 64 valence electrons. The van der Waals surface area contributed by atoms with Crippen LogP contribution in [0, 0.1) is 0 Å². The molecule has 0 unspecified atom stereocenters. The molecule has 0 spiro atoms. The van der Waals surface area contributed by atoms with Crippen LogP contribution in [0.4, 0.5) is 0 Å². The lowest BCUT2D eigenvalue weighted by Crippen LogP contribution is -2.26. The third-order valence-electron chi connectivity index (χ3n) is 2.04. The molecule has 0 N–H and O–H groups in total. The van der Waals surface area contributed by atoms with E-state index in [2.05, 4.69) is 34.6 Å². The minimum atomic E-state index is 1.01. The highest BCUT2D eigenvalue weighted by atomic mass is 32.2. The van der Waals surface area contributed by atoms with Crippen molar-refractivity contribution in [2.45, 2.75) is 6.42 Å². The van der Waals surface area contributed by atoms with Crippen LogP contribution in [-0.2, 0) is 0 Å². The van der Waals surface area contributed by atoms with Crippen molar-refractivity contribution >= 4 is 17.7 Å². The highest BCUT2D eigenvalue weighted by Gasteiger charge is 2.14. The Morgan fingerprint density at radius 2 is 2.50 bits per heavy atom. The van der Waals surface area contributed by atoms with E-state index < -0.39 is 0 Å². The highest BCUT2D eigenvalue weighted by Crippen LogP contribution is 2.20. The molecule has 12 heavy (non-hydrogen) atoms. The Kier molecular flexibility index (Phi) is 2.21. The van der Waals surface area contributed by atoms with E-state index >= 15 is 0 Å². The van der Waals surface area contributed by atoms with E-state index in [1.807, 2.05) is 0 Å². The summed E-state index contributed by atoms with van der Waals surface area (Å²) in [4.78, 5) is 2.24. The van der Waals surface area contributed by atoms with Crippen molar-refractivity contribution in [1.29, 1.82) is 0 Å². The molecular weight excluding hydrogens is 168 g/mol. The van der Waals surface area contributed by atoms with Gasteiger partial charge in [0, 0.05) is 19.3 Å². The lowest BCUT2D eigenvalue weighted by atomic mass is 10.1. The Balaban J connectivity index is 2.35. The van der Waals surface area contributed by atoms with E-state index in [1.165, 1.54) is 5.70 Å². The Bertz CT molecular complexity index is 266. The summed E-state index contributed by atoms with van der Waals surface area (Å²) in [5, 5.41) is 0. The van der Waals surface area contributed by atoms with Crippen molar-refractivity contribution in [2.24, 2.45) is 4.40 Å². The van der Waals surface area contributed by atoms with Gasteiger partial charge in [0.1, 0.15) is 0 Å². The molecule has 0 aliphatic carbocycles. The molecule has 0 aromatic heterocycles. The van der Waals surface area contributed by atoms with E-state index in [0.29, 0.717) is 0 Å². The predicted octanol–water partition coefficient (Wildman–Crippen LogP) is 1.86. The summed E-state index contributed by atoms with van der Waals surface area (Å²) in [6.07, 6.45) is 7.68. The van der Waals surface area contributed by atoms with Crippen LogP contribution >= 0.6 is 11.9 Å². The molecule has 0 saturated heterocycles. The smallest absolute Gasteiger partial charge is 0.0940 e. The lowest BCUT2D eigenvalue weighted by molar-refractivity contribution is 0.482. The lowest BCUT2D eigenvalue weighted by Gasteiger charge is -2.24. The Labute approximate surface area is 77.2 Å². The van der Waals surface area contributed by atoms with Crippen molar-refractivity contribution < 1.29 is 0 Å². The first kappa shape index (κ1) is 7.92. The SMILES string of the molecule is CN1CC=CC2=NSCCC=C21. The summed E-state index contributed by atoms with van der Waals surface area (Å²) in [5.41, 5.74) is 2.42. The van der Waals surface area contributed by atoms with Crippen LogP contribution in [0.1, 0.15) is 6.42 Å². The number of likely N-dealkylation sites (N-methyl/N-ethyl adjacent to an activating group) is 1. The van der Waals surface area contributed by atoms with Gasteiger partial charge in [0.25, 0.3) is 0 Å². The van der Waals surface area contributed by atoms with Crippen molar-refractivity contribution in [3.63, 3.8) is 0 Å². The van der Waals surface area contributed by atoms with Crippen LogP contribution < -0.4 is 0 Å². The van der Waals surface area contributed by atoms with Crippen LogP contribution in [0.3, 0.4) is 0 Å². The molecule has 0 fully saturated rings. The summed E-state index contributed by atoms with van der Waals surface area (Å²) in [5.74, 6) is 1.11. The van der Waals surface area contributed by atoms with E-state index in [-0.39, 0.29) is 0 Å². The normalized spacial score (nSPS) is 22.6. The zero-order valence-corrected chi connectivity index (χ0v) is 7.97. The maximum absolute atomic E-state index is 4.43. The van der Waals surface area contributed by atoms with Crippen molar-refractivity contribution in [3.8, 4) is 0 Å². The van der Waals surface area contributed by atoms with Gasteiger partial charge in [-0.05, 0) is 24.4 Å². The quantitative estimate of drug-likeness (QED) is 0.529. The zero-order valence-electron chi connectivity index (χ0n) is 7.16. The average Bonchev–Trinajstić information content (AvgIpc) is 2.30. The molecule has 0 amide bonds. The Hall–Kier alpha value is -0.700. The first-order valence-corrected chi connectivity index (χ1v) is 5.10. The van der Waals surface area contributed by atoms with E-state index in [0.717, 1.165) is 24.4 Å². The Morgan fingerprint density at radius 3 is 3.42 bits per heavy atom. The number of hydrogen-bond acceptors (Lipinski definition) is 3. The number of allylic oxidation sites excluding steroid dienone is 2. The van der Waals surface area contributed by atoms with Gasteiger partial charge >= 0.3 is 0 Å². The van der Waals surface area contributed by atoms with E-state index in [9.17, 15) is 0 Å². The average molecular weight is 180 g/mol. The van der Waals surface area contributed by atoms with Gasteiger partial charge in [0.05, 0.1) is 11.4 Å². The molecule has 2 aliphatic rings. The zero-order chi connectivity index (χ0) is 8.39. The van der Waals surface area contributed by atoms with E-state index in [1.54, 1.807) is 11.9 Å². The fourth-order valence-corrected chi connectivity index (χ4v) is 2.01. The number of fused-ring (bicyclic) bond motifs is 1. The highest BCUT2D eigenvalue weighted by molar-refractivity contribution is 7.98. The van der Waals surface area contributed by atoms with Crippen LogP contribution in [-0.4, -0.2) is 30.0 Å². The topological polar surface area (TPSA) is 15.6 Å². The number of hydrogen-bond donors (Lipinski definition) is 0. The monoisotopic (exact) mass is 180 g/mol. The van der Waals surface area contributed by atoms with Gasteiger partial charge in [-0.3, -0.25) is 0 Å². The number of nitrogens with zero attached hydrogens (tertiary/aromatic N) is 2. The van der Waals surface area contributed by atoms with Crippen molar-refractivity contribution in [3.05, 3.63) is 23.9 Å². The van der Waals surface area contributed by atoms with Gasteiger partial charge in [0.15, 0.2) is 0 Å². The maximum Gasteiger partial charge on any atom is 0.0940 e. The summed E-state index contributed by atoms with van der Waals surface area (Å²) < 4.78 is 4.43. The summed E-state index contributed by atoms with van der Waals surface area (Å²) >= 11 is 1.66. The molecule has 0 saturated carbocycles. The second-order valence-electron chi connectivity index (χ2n) is 2.97. The van der Waals surface area contributed by atoms with Gasteiger partial charge in [-0.15, -0.1) is 0 Å². The predicted molar refractivity (Wildman–Crippen MR) is 54.4 cm³/mol. The fraction of sp³-hybridized carbons (Fsp3) is 0.444. The number of rotatable bonds is 0. The van der Waals surface area contributed by atoms with Crippen LogP contribution in [0.5, 0.6) is 0 Å². The van der Waals surface area contributed by atoms with Crippen LogP contribution in [0.15, 0.2) is 28.3 Å². The summed E-state index contributed by atoms with van der Waals surface area (Å²) in [6.45, 7) is 1.01. The van der Waals surface area contributed by atoms with Crippen LogP contribution in [0.25, 0.3) is 0 Å². The molecule has 2 heterocycles. The van der Waals surface area contributed by atoms with E-state index in [4.69, 9.17) is 0 Å². The van der Waals surface area contributed by atoms with Crippen molar-refractivity contribution in [1.82, 2.24) is 4.90 Å². The standard InChI is InChI=1S/C9H12N2S/c1-11-6-2-4-8-9(11)5-3-7-12-10-8/h2,4-5H,3,6-7H2,1H3. The molecule has 0 radical (unpaired) electrons. The molecule has 0 atom stereocenters. The third kappa shape index (κ3) is 1.41. The Morgan fingerprint density at radius 1 is 1.58 bits per heavy atom. The minimum Gasteiger partial charge on any atom is -0.369 e. The summed E-state index contributed by atoms with van der Waals surface area (Å²) in [6, 6.07) is 0. The van der Waals surface area contributed by atoms with Gasteiger partial charge in [-0.25, -0.2) is 4.40 Å². The van der Waals surface area contributed by atoms with Gasteiger partial charge in [-0.1, -0.05) is 12.2 Å². The maximum atomic E-state index is 4.43. The van der Waals surface area contributed by atoms with Gasteiger partial charge < -0.3 is 4.90 Å². The third-order valence-corrected chi connectivity index (χ3v) is 2.78. The molecule has 0 bridgehead atoms. The summed E-state index contributed by atoms with van der Waals surface area (Å²) in [7, 11) is 2.11. The molecular formula is C9H12N2S. The second kappa shape index (κ2) is 3.35. The largest absolute Gasteiger partial charge is 0.369 e. The minimum absolute atomic E-state index is 1.01. The molecule has 2 nitrogen and oxygen atoms in total. The second-order valence-corrected chi connectivity index (χ2v) is 3.82. The molecule has 2 rings (SSSR count). The van der Waals surface area contributed by atoms with Gasteiger partial charge in [0.2, 0.25) is 0 Å². The molecule has 2 aliphatic heterocycles. The van der Waals surface area contributed by atoms with Crippen molar-refractivity contribution in [2.75, 3.05) is 19.3 Å². The molecule has 0 aromatic carbocycles. The van der Waals surface area contributed by atoms with Gasteiger partial charge in [-0.2, -0.15) is 0 Å². The molecule has 0 aromatic rings. The fourth-order valence-electron chi connectivity index (χ4n) is 1.40. The molecule has 3 heteroatoms. The van der Waals surface area contributed by atoms with Crippen LogP contribution in [0.2, 0.25) is 0 Å². The first-order chi connectivity index (χ1) is 5.88.